The molecule has 2 atom stereocenters. The molecular weight excluding hydrogens is 347 g/mol. The number of hydrogen-bond donors (Lipinski definition) is 2. The van der Waals surface area contributed by atoms with E-state index >= 15 is 0 Å². The number of hydrogen-bond acceptors (Lipinski definition) is 3. The fraction of sp³-hybridized carbons (Fsp3) is 0.476. The van der Waals surface area contributed by atoms with Gasteiger partial charge in [-0.3, -0.25) is 4.79 Å². The number of halogens is 1. The predicted molar refractivity (Wildman–Crippen MR) is 104 cm³/mol. The highest BCUT2D eigenvalue weighted by atomic mass is 32.1. The number of carbonyl (C=O) groups excluding carboxylic acids is 1. The third-order valence-corrected chi connectivity index (χ3v) is 7.45. The smallest absolute Gasteiger partial charge is 0.256 e. The quantitative estimate of drug-likeness (QED) is 0.769. The van der Waals surface area contributed by atoms with Gasteiger partial charge < -0.3 is 10.6 Å². The van der Waals surface area contributed by atoms with Crippen LogP contribution in [0.3, 0.4) is 0 Å². The summed E-state index contributed by atoms with van der Waals surface area (Å²) in [6, 6.07) is 6.28. The summed E-state index contributed by atoms with van der Waals surface area (Å²) in [5.74, 6) is 0.377. The molecule has 2 heterocycles. The first kappa shape index (κ1) is 17.5. The first-order valence-electron chi connectivity index (χ1n) is 9.36. The number of thiophene rings is 1. The van der Waals surface area contributed by atoms with Gasteiger partial charge in [0.25, 0.3) is 5.91 Å². The lowest BCUT2D eigenvalue weighted by Gasteiger charge is -2.36. The third kappa shape index (κ3) is 2.92. The lowest BCUT2D eigenvalue weighted by molar-refractivity contribution is 0.0934. The van der Waals surface area contributed by atoms with Crippen molar-refractivity contribution in [3.8, 4) is 0 Å². The predicted octanol–water partition coefficient (Wildman–Crippen LogP) is 5.28. The Kier molecular flexibility index (Phi) is 4.30. The lowest BCUT2D eigenvalue weighted by atomic mass is 9.69. The number of fused-ring (bicyclic) bond motifs is 3. The molecule has 0 bridgehead atoms. The van der Waals surface area contributed by atoms with Crippen LogP contribution < -0.4 is 10.6 Å². The number of nitrogens with one attached hydrogen (secondary N) is 2. The molecule has 2 N–H and O–H groups in total. The number of anilines is 1. The maximum atomic E-state index is 13.2. The normalized spacial score (nSPS) is 22.2. The molecule has 2 aliphatic rings. The average molecular weight is 373 g/mol. The minimum absolute atomic E-state index is 0.0150. The Labute approximate surface area is 158 Å². The van der Waals surface area contributed by atoms with Crippen LogP contribution in [0.2, 0.25) is 0 Å². The molecule has 1 aromatic carbocycles. The van der Waals surface area contributed by atoms with Gasteiger partial charge in [0.1, 0.15) is 17.0 Å². The second-order valence-corrected chi connectivity index (χ2v) is 9.20. The van der Waals surface area contributed by atoms with Gasteiger partial charge in [0.2, 0.25) is 0 Å². The molecule has 4 rings (SSSR count). The third-order valence-electron chi connectivity index (χ3n) is 6.26. The van der Waals surface area contributed by atoms with E-state index in [1.54, 1.807) is 23.5 Å². The summed E-state index contributed by atoms with van der Waals surface area (Å²) in [6.07, 6.45) is 4.05. The van der Waals surface area contributed by atoms with Crippen molar-refractivity contribution in [3.05, 3.63) is 51.7 Å². The molecule has 3 nitrogen and oxygen atoms in total. The van der Waals surface area contributed by atoms with Crippen LogP contribution in [0.25, 0.3) is 0 Å². The first-order valence-corrected chi connectivity index (χ1v) is 10.2. The molecule has 1 aliphatic carbocycles. The van der Waals surface area contributed by atoms with Gasteiger partial charge in [0.05, 0.1) is 5.56 Å². The van der Waals surface area contributed by atoms with Crippen molar-refractivity contribution in [2.75, 3.05) is 5.32 Å². The molecule has 0 fully saturated rings. The maximum Gasteiger partial charge on any atom is 0.256 e. The summed E-state index contributed by atoms with van der Waals surface area (Å²) in [7, 11) is 0. The maximum absolute atomic E-state index is 13.2. The number of rotatable bonds is 3. The van der Waals surface area contributed by atoms with Crippen LogP contribution in [0.1, 0.15) is 66.1 Å². The van der Waals surface area contributed by atoms with E-state index in [2.05, 4.69) is 31.4 Å². The largest absolute Gasteiger partial charge is 0.353 e. The SMILES string of the molecule is CCC(C)(C)C1CCc2c(sc3c2C(=O)NC(c2ccc(F)cc2)N3)C1. The lowest BCUT2D eigenvalue weighted by Crippen LogP contribution is -2.38. The monoisotopic (exact) mass is 372 g/mol. The van der Waals surface area contributed by atoms with E-state index in [1.165, 1.54) is 29.0 Å². The van der Waals surface area contributed by atoms with Crippen molar-refractivity contribution in [2.45, 2.75) is 52.6 Å². The fourth-order valence-electron chi connectivity index (χ4n) is 4.08. The zero-order chi connectivity index (χ0) is 18.5. The second-order valence-electron chi connectivity index (χ2n) is 8.09. The minimum atomic E-state index is -0.307. The van der Waals surface area contributed by atoms with Crippen molar-refractivity contribution in [2.24, 2.45) is 11.3 Å². The fourth-order valence-corrected chi connectivity index (χ4v) is 5.43. The number of amides is 1. The summed E-state index contributed by atoms with van der Waals surface area (Å²) >= 11 is 1.73. The molecule has 1 amide bonds. The minimum Gasteiger partial charge on any atom is -0.353 e. The van der Waals surface area contributed by atoms with Gasteiger partial charge in [0.15, 0.2) is 0 Å². The summed E-state index contributed by atoms with van der Waals surface area (Å²) in [6.45, 7) is 6.97. The average Bonchev–Trinajstić information content (AvgIpc) is 3.00. The Morgan fingerprint density at radius 1 is 1.23 bits per heavy atom. The Bertz CT molecular complexity index is 840. The Hall–Kier alpha value is -1.88. The van der Waals surface area contributed by atoms with E-state index in [0.717, 1.165) is 35.4 Å². The Balaban J connectivity index is 1.63. The second kappa shape index (κ2) is 6.38. The highest BCUT2D eigenvalue weighted by Crippen LogP contribution is 2.46. The summed E-state index contributed by atoms with van der Waals surface area (Å²) in [4.78, 5) is 14.1. The molecular formula is C21H25FN2OS. The molecule has 0 radical (unpaired) electrons. The molecule has 2 unspecified atom stereocenters. The molecule has 26 heavy (non-hydrogen) atoms. The van der Waals surface area contributed by atoms with Crippen LogP contribution in [0.4, 0.5) is 9.39 Å². The van der Waals surface area contributed by atoms with Gasteiger partial charge in [-0.1, -0.05) is 39.3 Å². The number of carbonyl (C=O) groups is 1. The van der Waals surface area contributed by atoms with Crippen molar-refractivity contribution < 1.29 is 9.18 Å². The van der Waals surface area contributed by atoms with Gasteiger partial charge in [-0.15, -0.1) is 11.3 Å². The van der Waals surface area contributed by atoms with Crippen LogP contribution in [0.5, 0.6) is 0 Å². The molecule has 2 aromatic rings. The summed E-state index contributed by atoms with van der Waals surface area (Å²) < 4.78 is 13.2. The van der Waals surface area contributed by atoms with Crippen molar-refractivity contribution in [3.63, 3.8) is 0 Å². The molecule has 5 heteroatoms. The van der Waals surface area contributed by atoms with E-state index in [4.69, 9.17) is 0 Å². The van der Waals surface area contributed by atoms with E-state index in [-0.39, 0.29) is 17.9 Å². The molecule has 138 valence electrons. The number of benzene rings is 1. The van der Waals surface area contributed by atoms with E-state index in [0.29, 0.717) is 11.3 Å². The van der Waals surface area contributed by atoms with Gasteiger partial charge in [-0.05, 0) is 53.9 Å². The Morgan fingerprint density at radius 3 is 2.65 bits per heavy atom. The summed E-state index contributed by atoms with van der Waals surface area (Å²) in [5.41, 5.74) is 3.25. The van der Waals surface area contributed by atoms with Crippen molar-refractivity contribution >= 4 is 22.2 Å². The summed E-state index contributed by atoms with van der Waals surface area (Å²) in [5, 5.41) is 7.44. The van der Waals surface area contributed by atoms with E-state index in [9.17, 15) is 9.18 Å². The van der Waals surface area contributed by atoms with Crippen molar-refractivity contribution in [1.82, 2.24) is 5.32 Å². The van der Waals surface area contributed by atoms with Crippen LogP contribution in [0.15, 0.2) is 24.3 Å². The van der Waals surface area contributed by atoms with Crippen LogP contribution in [-0.4, -0.2) is 5.91 Å². The van der Waals surface area contributed by atoms with Gasteiger partial charge >= 0.3 is 0 Å². The van der Waals surface area contributed by atoms with Gasteiger partial charge in [-0.25, -0.2) is 4.39 Å². The van der Waals surface area contributed by atoms with Crippen LogP contribution >= 0.6 is 11.3 Å². The first-order chi connectivity index (χ1) is 12.4. The molecule has 1 aliphatic heterocycles. The molecule has 0 spiro atoms. The van der Waals surface area contributed by atoms with E-state index < -0.39 is 0 Å². The van der Waals surface area contributed by atoms with E-state index in [1.807, 2.05) is 0 Å². The van der Waals surface area contributed by atoms with Crippen LogP contribution in [0, 0.1) is 17.2 Å². The topological polar surface area (TPSA) is 41.1 Å². The van der Waals surface area contributed by atoms with Crippen LogP contribution in [-0.2, 0) is 12.8 Å². The highest BCUT2D eigenvalue weighted by Gasteiger charge is 2.37. The van der Waals surface area contributed by atoms with Crippen molar-refractivity contribution in [1.29, 1.82) is 0 Å². The zero-order valence-electron chi connectivity index (χ0n) is 15.5. The van der Waals surface area contributed by atoms with Gasteiger partial charge in [-0.2, -0.15) is 0 Å². The Morgan fingerprint density at radius 2 is 1.96 bits per heavy atom. The van der Waals surface area contributed by atoms with Gasteiger partial charge in [0, 0.05) is 4.88 Å². The zero-order valence-corrected chi connectivity index (χ0v) is 16.3. The molecule has 1 aromatic heterocycles. The highest BCUT2D eigenvalue weighted by molar-refractivity contribution is 7.16. The standard InChI is InChI=1S/C21H25FN2OS/c1-4-21(2,3)13-7-10-15-16(11-13)26-20-17(15)19(25)23-18(24-20)12-5-8-14(22)9-6-12/h5-6,8-9,13,18,24H,4,7,10-11H2,1-3H3,(H,23,25). The molecule has 0 saturated carbocycles. The molecule has 0 saturated heterocycles.